The molecule has 1 aromatic rings. The van der Waals surface area contributed by atoms with Crippen molar-refractivity contribution in [2.45, 2.75) is 31.6 Å². The summed E-state index contributed by atoms with van der Waals surface area (Å²) in [5.74, 6) is 1.39. The van der Waals surface area contributed by atoms with Gasteiger partial charge in [-0.3, -0.25) is 4.79 Å². The van der Waals surface area contributed by atoms with Crippen LogP contribution in [0, 0.1) is 11.8 Å². The number of amides is 1. The molecule has 1 aliphatic rings. The topological polar surface area (TPSA) is 110 Å². The standard InChI is InChI=1S/C16H21N3O4S/c1-3-14-11(2)16(21)19(15(14)10-20)18-9-8-12-4-6-13(7-5-12)24(17,22)23/h4-7,11,14,18H,3,8-9H2,1-2H3,(H2,17,22,23). The Labute approximate surface area is 141 Å². The van der Waals surface area contributed by atoms with Gasteiger partial charge in [-0.15, -0.1) is 0 Å². The molecule has 1 saturated heterocycles. The van der Waals surface area contributed by atoms with Gasteiger partial charge < -0.3 is 0 Å². The molecule has 0 aliphatic carbocycles. The lowest BCUT2D eigenvalue weighted by atomic mass is 9.93. The zero-order valence-corrected chi connectivity index (χ0v) is 14.5. The van der Waals surface area contributed by atoms with Crippen LogP contribution in [0.3, 0.4) is 0 Å². The molecule has 7 nitrogen and oxygen atoms in total. The van der Waals surface area contributed by atoms with Crippen LogP contribution in [0.4, 0.5) is 0 Å². The second kappa shape index (κ2) is 7.27. The molecule has 8 heteroatoms. The van der Waals surface area contributed by atoms with Crippen molar-refractivity contribution < 1.29 is 18.0 Å². The number of sulfonamides is 1. The molecule has 2 atom stereocenters. The van der Waals surface area contributed by atoms with Gasteiger partial charge in [0, 0.05) is 18.4 Å². The van der Waals surface area contributed by atoms with E-state index in [0.29, 0.717) is 25.1 Å². The van der Waals surface area contributed by atoms with E-state index in [9.17, 15) is 18.0 Å². The second-order valence-electron chi connectivity index (χ2n) is 5.81. The van der Waals surface area contributed by atoms with Gasteiger partial charge in [0.15, 0.2) is 0 Å². The summed E-state index contributed by atoms with van der Waals surface area (Å²) in [7, 11) is -3.70. The molecule has 0 spiro atoms. The van der Waals surface area contributed by atoms with Crippen molar-refractivity contribution in [1.29, 1.82) is 0 Å². The van der Waals surface area contributed by atoms with E-state index in [0.717, 1.165) is 5.56 Å². The maximum atomic E-state index is 12.2. The van der Waals surface area contributed by atoms with Crippen molar-refractivity contribution in [2.75, 3.05) is 6.54 Å². The fourth-order valence-electron chi connectivity index (χ4n) is 2.89. The minimum Gasteiger partial charge on any atom is -0.273 e. The van der Waals surface area contributed by atoms with Crippen LogP contribution in [-0.4, -0.2) is 31.8 Å². The summed E-state index contributed by atoms with van der Waals surface area (Å²) in [4.78, 5) is 23.5. The van der Waals surface area contributed by atoms with Crippen molar-refractivity contribution in [3.63, 3.8) is 0 Å². The zero-order valence-electron chi connectivity index (χ0n) is 13.7. The Kier molecular flexibility index (Phi) is 5.56. The number of benzene rings is 1. The summed E-state index contributed by atoms with van der Waals surface area (Å²) in [5, 5.41) is 6.35. The minimum absolute atomic E-state index is 0.0553. The van der Waals surface area contributed by atoms with Crippen LogP contribution >= 0.6 is 0 Å². The van der Waals surface area contributed by atoms with Crippen molar-refractivity contribution >= 4 is 21.9 Å². The number of rotatable bonds is 6. The van der Waals surface area contributed by atoms with Crippen LogP contribution in [0.15, 0.2) is 34.9 Å². The third-order valence-electron chi connectivity index (χ3n) is 4.29. The Morgan fingerprint density at radius 1 is 1.29 bits per heavy atom. The van der Waals surface area contributed by atoms with Crippen molar-refractivity contribution in [3.05, 3.63) is 35.5 Å². The average Bonchev–Trinajstić information content (AvgIpc) is 2.78. The summed E-state index contributed by atoms with van der Waals surface area (Å²) in [6, 6.07) is 6.22. The zero-order chi connectivity index (χ0) is 17.9. The summed E-state index contributed by atoms with van der Waals surface area (Å²) < 4.78 is 22.4. The first kappa shape index (κ1) is 18.4. The number of nitrogens with zero attached hydrogens (tertiary/aromatic N) is 1. The Hall–Kier alpha value is -1.99. The highest BCUT2D eigenvalue weighted by Gasteiger charge is 2.41. The Morgan fingerprint density at radius 3 is 2.42 bits per heavy atom. The molecule has 0 saturated carbocycles. The third-order valence-corrected chi connectivity index (χ3v) is 5.21. The van der Waals surface area contributed by atoms with Crippen LogP contribution in [0.25, 0.3) is 0 Å². The van der Waals surface area contributed by atoms with Crippen LogP contribution < -0.4 is 10.6 Å². The lowest BCUT2D eigenvalue weighted by Gasteiger charge is -2.18. The molecule has 1 aromatic carbocycles. The van der Waals surface area contributed by atoms with Gasteiger partial charge in [-0.1, -0.05) is 26.0 Å². The van der Waals surface area contributed by atoms with Crippen LogP contribution in [0.1, 0.15) is 25.8 Å². The molecule has 2 unspecified atom stereocenters. The molecular formula is C16H21N3O4S. The van der Waals surface area contributed by atoms with Crippen LogP contribution in [-0.2, 0) is 26.0 Å². The highest BCUT2D eigenvalue weighted by molar-refractivity contribution is 7.89. The second-order valence-corrected chi connectivity index (χ2v) is 7.37. The molecule has 0 radical (unpaired) electrons. The van der Waals surface area contributed by atoms with E-state index in [1.807, 2.05) is 19.8 Å². The predicted octanol–water partition coefficient (Wildman–Crippen LogP) is 0.601. The Balaban J connectivity index is 1.99. The molecular weight excluding hydrogens is 330 g/mol. The van der Waals surface area contributed by atoms with Crippen LogP contribution in [0.2, 0.25) is 0 Å². The van der Waals surface area contributed by atoms with Gasteiger partial charge in [0.25, 0.3) is 0 Å². The van der Waals surface area contributed by atoms with Crippen LogP contribution in [0.5, 0.6) is 0 Å². The number of hydrogen-bond acceptors (Lipinski definition) is 5. The van der Waals surface area contributed by atoms with Gasteiger partial charge in [-0.2, -0.15) is 0 Å². The normalized spacial score (nSPS) is 21.2. The number of hydrazine groups is 1. The molecule has 1 heterocycles. The van der Waals surface area contributed by atoms with Crippen molar-refractivity contribution in [2.24, 2.45) is 17.0 Å². The van der Waals surface area contributed by atoms with E-state index in [-0.39, 0.29) is 22.6 Å². The van der Waals surface area contributed by atoms with E-state index in [1.54, 1.807) is 12.1 Å². The van der Waals surface area contributed by atoms with Crippen molar-refractivity contribution in [1.82, 2.24) is 10.4 Å². The quantitative estimate of drug-likeness (QED) is 0.730. The molecule has 1 fully saturated rings. The molecule has 0 bridgehead atoms. The number of nitrogens with two attached hydrogens (primary N) is 1. The Bertz CT molecular complexity index is 767. The minimum atomic E-state index is -3.70. The van der Waals surface area contributed by atoms with Crippen molar-refractivity contribution in [3.8, 4) is 0 Å². The molecule has 3 N–H and O–H groups in total. The monoisotopic (exact) mass is 351 g/mol. The van der Waals surface area contributed by atoms with Gasteiger partial charge in [0.2, 0.25) is 15.9 Å². The number of allylic oxidation sites excluding steroid dienone is 1. The Morgan fingerprint density at radius 2 is 1.92 bits per heavy atom. The lowest BCUT2D eigenvalue weighted by molar-refractivity contribution is -0.132. The first-order chi connectivity index (χ1) is 11.3. The van der Waals surface area contributed by atoms with Gasteiger partial charge in [-0.25, -0.2) is 28.8 Å². The first-order valence-corrected chi connectivity index (χ1v) is 9.28. The molecule has 0 aromatic heterocycles. The molecule has 24 heavy (non-hydrogen) atoms. The number of nitrogens with one attached hydrogen (secondary N) is 1. The summed E-state index contributed by atoms with van der Waals surface area (Å²) in [5.41, 5.74) is 4.20. The van der Waals surface area contributed by atoms with E-state index in [2.05, 4.69) is 5.43 Å². The maximum absolute atomic E-state index is 12.2. The van der Waals surface area contributed by atoms with Gasteiger partial charge in [-0.05, 0) is 30.5 Å². The van der Waals surface area contributed by atoms with Gasteiger partial charge in [0.1, 0.15) is 11.6 Å². The number of carbonyl (C=O) groups is 1. The number of primary sulfonamides is 1. The summed E-state index contributed by atoms with van der Waals surface area (Å²) >= 11 is 0. The maximum Gasteiger partial charge on any atom is 0.245 e. The molecule has 1 amide bonds. The largest absolute Gasteiger partial charge is 0.273 e. The van der Waals surface area contributed by atoms with E-state index < -0.39 is 10.0 Å². The molecule has 1 aliphatic heterocycles. The fraction of sp³-hybridized carbons (Fsp3) is 0.438. The summed E-state index contributed by atoms with van der Waals surface area (Å²) in [6.45, 7) is 4.17. The number of carbonyl (C=O) groups excluding carboxylic acids is 2. The van der Waals surface area contributed by atoms with E-state index in [4.69, 9.17) is 5.14 Å². The smallest absolute Gasteiger partial charge is 0.245 e. The van der Waals surface area contributed by atoms with E-state index in [1.165, 1.54) is 17.1 Å². The van der Waals surface area contributed by atoms with Gasteiger partial charge >= 0.3 is 0 Å². The first-order valence-electron chi connectivity index (χ1n) is 7.73. The number of hydrogen-bond donors (Lipinski definition) is 2. The lowest BCUT2D eigenvalue weighted by Crippen LogP contribution is -2.40. The fourth-order valence-corrected chi connectivity index (χ4v) is 3.40. The molecule has 130 valence electrons. The van der Waals surface area contributed by atoms with E-state index >= 15 is 0 Å². The molecule has 2 rings (SSSR count). The highest BCUT2D eigenvalue weighted by Crippen LogP contribution is 2.33. The SMILES string of the molecule is CCC1C(=C=O)N(NCCc2ccc(S(N)(=O)=O)cc2)C(=O)C1C. The predicted molar refractivity (Wildman–Crippen MR) is 88.5 cm³/mol. The summed E-state index contributed by atoms with van der Waals surface area (Å²) in [6.07, 6.45) is 1.26. The van der Waals surface area contributed by atoms with Gasteiger partial charge in [0.05, 0.1) is 4.90 Å². The third kappa shape index (κ3) is 3.73. The average molecular weight is 351 g/mol. The highest BCUT2D eigenvalue weighted by atomic mass is 32.2.